The van der Waals surface area contributed by atoms with Crippen molar-refractivity contribution in [3.8, 4) is 0 Å². The molecule has 0 aliphatic carbocycles. The maximum absolute atomic E-state index is 12.1. The summed E-state index contributed by atoms with van der Waals surface area (Å²) in [6.45, 7) is 4.12. The van der Waals surface area contributed by atoms with Crippen LogP contribution < -0.4 is 10.6 Å². The third-order valence-electron chi connectivity index (χ3n) is 4.21. The van der Waals surface area contributed by atoms with Gasteiger partial charge in [-0.15, -0.1) is 0 Å². The van der Waals surface area contributed by atoms with Gasteiger partial charge in [-0.3, -0.25) is 29.3 Å². The molecule has 2 rings (SSSR count). The number of oxime groups is 1. The van der Waals surface area contributed by atoms with Crippen molar-refractivity contribution in [3.05, 3.63) is 30.3 Å². The van der Waals surface area contributed by atoms with E-state index in [4.69, 9.17) is 23.8 Å². The molecule has 0 bridgehead atoms. The van der Waals surface area contributed by atoms with E-state index in [9.17, 15) is 24.0 Å². The van der Waals surface area contributed by atoms with Gasteiger partial charge in [0.1, 0.15) is 12.6 Å². The third-order valence-corrected chi connectivity index (χ3v) is 4.21. The Morgan fingerprint density at radius 3 is 2.09 bits per heavy atom. The molecule has 2 N–H and O–H groups in total. The van der Waals surface area contributed by atoms with Gasteiger partial charge >= 0.3 is 24.0 Å². The lowest BCUT2D eigenvalue weighted by Gasteiger charge is -2.41. The van der Waals surface area contributed by atoms with E-state index >= 15 is 0 Å². The highest BCUT2D eigenvalue weighted by molar-refractivity contribution is 5.90. The zero-order chi connectivity index (χ0) is 25.3. The summed E-state index contributed by atoms with van der Waals surface area (Å²) in [5.74, 6) is -3.14. The summed E-state index contributed by atoms with van der Waals surface area (Å²) >= 11 is 0. The van der Waals surface area contributed by atoms with Gasteiger partial charge in [0.25, 0.3) is 5.90 Å². The standard InChI is InChI=1S/C21H25N3O10/c1-11(25)22-17-19(32-14(4)28)18(31-13(3)27)16(10-30-12(2)26)33-20(17)24-34-21(29)23-15-8-6-5-7-9-15/h5-9,16-19H,10H2,1-4H3,(H,22,25)(H,23,29)/b24-20-/t16?,17?,18-,19?/m1/s1. The van der Waals surface area contributed by atoms with Crippen LogP contribution in [0, 0.1) is 0 Å². The monoisotopic (exact) mass is 479 g/mol. The fourth-order valence-corrected chi connectivity index (χ4v) is 3.02. The predicted octanol–water partition coefficient (Wildman–Crippen LogP) is 0.879. The molecule has 3 unspecified atom stereocenters. The molecule has 1 fully saturated rings. The summed E-state index contributed by atoms with van der Waals surface area (Å²) in [5, 5.41) is 8.56. The van der Waals surface area contributed by atoms with Crippen LogP contribution in [0.5, 0.6) is 0 Å². The number of ether oxygens (including phenoxy) is 4. The van der Waals surface area contributed by atoms with Gasteiger partial charge in [0.15, 0.2) is 18.3 Å². The minimum absolute atomic E-state index is 0.384. The number of carbonyl (C=O) groups is 5. The molecule has 34 heavy (non-hydrogen) atoms. The summed E-state index contributed by atoms with van der Waals surface area (Å²) in [5.41, 5.74) is 0.427. The molecule has 1 aliphatic rings. The maximum atomic E-state index is 12.1. The first-order valence-electron chi connectivity index (χ1n) is 10.1. The number of amides is 2. The van der Waals surface area contributed by atoms with Crippen molar-refractivity contribution in [1.29, 1.82) is 0 Å². The number of hydrogen-bond donors (Lipinski definition) is 2. The second-order valence-electron chi connectivity index (χ2n) is 7.08. The minimum Gasteiger partial charge on any atom is -0.466 e. The number of hydrogen-bond acceptors (Lipinski definition) is 11. The van der Waals surface area contributed by atoms with Crippen molar-refractivity contribution >= 4 is 41.5 Å². The van der Waals surface area contributed by atoms with Crippen LogP contribution in [0.4, 0.5) is 10.5 Å². The summed E-state index contributed by atoms with van der Waals surface area (Å²) in [6.07, 6.45) is -4.83. The van der Waals surface area contributed by atoms with E-state index in [1.165, 1.54) is 6.92 Å². The molecule has 1 heterocycles. The quantitative estimate of drug-likeness (QED) is 0.248. The predicted molar refractivity (Wildman–Crippen MR) is 114 cm³/mol. The van der Waals surface area contributed by atoms with Crippen molar-refractivity contribution in [2.24, 2.45) is 5.16 Å². The summed E-state index contributed by atoms with van der Waals surface area (Å²) in [7, 11) is 0. The number of benzene rings is 1. The molecule has 1 saturated heterocycles. The summed E-state index contributed by atoms with van der Waals surface area (Å²) in [6, 6.07) is 7.06. The SMILES string of the molecule is CC(=O)NC1/C(=N/OC(=O)Nc2ccccc2)OC(COC(C)=O)[C@@H](OC(C)=O)C1OC(C)=O. The molecule has 0 radical (unpaired) electrons. The van der Waals surface area contributed by atoms with Crippen molar-refractivity contribution < 1.29 is 47.8 Å². The molecule has 0 spiro atoms. The number of rotatable bonds is 7. The van der Waals surface area contributed by atoms with Crippen LogP contribution in [0.2, 0.25) is 0 Å². The van der Waals surface area contributed by atoms with Gasteiger partial charge < -0.3 is 24.3 Å². The van der Waals surface area contributed by atoms with E-state index in [2.05, 4.69) is 15.8 Å². The van der Waals surface area contributed by atoms with Gasteiger partial charge in [0.05, 0.1) is 0 Å². The fraction of sp³-hybridized carbons (Fsp3) is 0.429. The van der Waals surface area contributed by atoms with E-state index in [-0.39, 0.29) is 5.90 Å². The number of carbonyl (C=O) groups excluding carboxylic acids is 5. The lowest BCUT2D eigenvalue weighted by atomic mass is 9.96. The van der Waals surface area contributed by atoms with Crippen LogP contribution in [0.1, 0.15) is 27.7 Å². The van der Waals surface area contributed by atoms with Crippen molar-refractivity contribution in [2.75, 3.05) is 11.9 Å². The zero-order valence-electron chi connectivity index (χ0n) is 18.9. The Labute approximate surface area is 194 Å². The average Bonchev–Trinajstić information content (AvgIpc) is 2.74. The molecular formula is C21H25N3O10. The molecule has 13 nitrogen and oxygen atoms in total. The number of anilines is 1. The molecule has 0 aromatic heterocycles. The van der Waals surface area contributed by atoms with Crippen LogP contribution in [0.3, 0.4) is 0 Å². The highest BCUT2D eigenvalue weighted by Gasteiger charge is 2.50. The van der Waals surface area contributed by atoms with E-state index < -0.39 is 60.9 Å². The van der Waals surface area contributed by atoms with Crippen LogP contribution >= 0.6 is 0 Å². The Morgan fingerprint density at radius 2 is 1.53 bits per heavy atom. The number of para-hydroxylation sites is 1. The van der Waals surface area contributed by atoms with Crippen molar-refractivity contribution in [3.63, 3.8) is 0 Å². The smallest absolute Gasteiger partial charge is 0.437 e. The molecule has 4 atom stereocenters. The van der Waals surface area contributed by atoms with Crippen LogP contribution in [-0.4, -0.2) is 66.8 Å². The van der Waals surface area contributed by atoms with Crippen molar-refractivity contribution in [1.82, 2.24) is 5.32 Å². The van der Waals surface area contributed by atoms with E-state index in [0.29, 0.717) is 5.69 Å². The van der Waals surface area contributed by atoms with Gasteiger partial charge in [-0.1, -0.05) is 18.2 Å². The highest BCUT2D eigenvalue weighted by atomic mass is 16.7. The first kappa shape index (κ1) is 26.1. The number of nitrogens with zero attached hydrogens (tertiary/aromatic N) is 1. The molecule has 2 amide bonds. The largest absolute Gasteiger partial charge is 0.466 e. The van der Waals surface area contributed by atoms with E-state index in [1.54, 1.807) is 30.3 Å². The Hall–Kier alpha value is -4.16. The number of esters is 3. The molecule has 1 aromatic rings. The molecule has 0 saturated carbocycles. The Kier molecular flexibility index (Phi) is 9.35. The molecular weight excluding hydrogens is 454 g/mol. The van der Waals surface area contributed by atoms with Crippen LogP contribution in [-0.2, 0) is 43.0 Å². The molecule has 1 aliphatic heterocycles. The first-order valence-corrected chi connectivity index (χ1v) is 10.1. The molecule has 13 heteroatoms. The summed E-state index contributed by atoms with van der Waals surface area (Å²) in [4.78, 5) is 63.6. The Bertz CT molecular complexity index is 949. The second kappa shape index (κ2) is 12.2. The topological polar surface area (TPSA) is 168 Å². The molecule has 184 valence electrons. The molecule has 1 aromatic carbocycles. The van der Waals surface area contributed by atoms with Gasteiger partial charge in [0.2, 0.25) is 5.91 Å². The van der Waals surface area contributed by atoms with Gasteiger partial charge in [-0.05, 0) is 17.3 Å². The summed E-state index contributed by atoms with van der Waals surface area (Å²) < 4.78 is 21.2. The van der Waals surface area contributed by atoms with Crippen LogP contribution in [0.25, 0.3) is 0 Å². The lowest BCUT2D eigenvalue weighted by molar-refractivity contribution is -0.186. The lowest BCUT2D eigenvalue weighted by Crippen LogP contribution is -2.64. The highest BCUT2D eigenvalue weighted by Crippen LogP contribution is 2.25. The van der Waals surface area contributed by atoms with Gasteiger partial charge in [-0.25, -0.2) is 4.79 Å². The van der Waals surface area contributed by atoms with Crippen LogP contribution in [0.15, 0.2) is 35.5 Å². The van der Waals surface area contributed by atoms with Gasteiger partial charge in [-0.2, -0.15) is 0 Å². The fourth-order valence-electron chi connectivity index (χ4n) is 3.02. The van der Waals surface area contributed by atoms with Gasteiger partial charge in [0, 0.05) is 33.4 Å². The first-order chi connectivity index (χ1) is 16.1. The Balaban J connectivity index is 2.37. The van der Waals surface area contributed by atoms with Crippen molar-refractivity contribution in [2.45, 2.75) is 52.0 Å². The second-order valence-corrected chi connectivity index (χ2v) is 7.08. The van der Waals surface area contributed by atoms with E-state index in [0.717, 1.165) is 20.8 Å². The zero-order valence-corrected chi connectivity index (χ0v) is 18.9. The Morgan fingerprint density at radius 1 is 0.912 bits per heavy atom. The normalized spacial score (nSPS) is 22.5. The maximum Gasteiger partial charge on any atom is 0.437 e. The number of nitrogens with one attached hydrogen (secondary N) is 2. The third kappa shape index (κ3) is 8.07. The average molecular weight is 479 g/mol. The minimum atomic E-state index is -1.35. The van der Waals surface area contributed by atoms with E-state index in [1.807, 2.05) is 0 Å².